The van der Waals surface area contributed by atoms with E-state index in [1.165, 1.54) is 14.2 Å². The highest BCUT2D eigenvalue weighted by atomic mass is 32.2. The first-order valence-electron chi connectivity index (χ1n) is 14.2. The number of pyridine rings is 1. The molecule has 0 amide bonds. The zero-order valence-corrected chi connectivity index (χ0v) is 28.7. The molecule has 0 aliphatic carbocycles. The maximum Gasteiger partial charge on any atom is 0.243 e. The molecule has 0 aliphatic heterocycles. The Morgan fingerprint density at radius 3 is 2.16 bits per heavy atom. The Morgan fingerprint density at radius 1 is 0.955 bits per heavy atom. The summed E-state index contributed by atoms with van der Waals surface area (Å²) < 4.78 is 50.8. The molecule has 12 nitrogen and oxygen atoms in total. The van der Waals surface area contributed by atoms with E-state index in [9.17, 15) is 8.42 Å². The van der Waals surface area contributed by atoms with Crippen molar-refractivity contribution in [2.75, 3.05) is 18.9 Å². The highest BCUT2D eigenvalue weighted by Gasteiger charge is 2.44. The number of ether oxygens (including phenoxy) is 2. The Morgan fingerprint density at radius 2 is 1.61 bits per heavy atom. The van der Waals surface area contributed by atoms with Crippen LogP contribution in [0.5, 0.6) is 11.5 Å². The lowest BCUT2D eigenvalue weighted by Crippen LogP contribution is -2.45. The van der Waals surface area contributed by atoms with Crippen LogP contribution in [0.15, 0.2) is 49.1 Å². The van der Waals surface area contributed by atoms with Crippen molar-refractivity contribution in [3.63, 3.8) is 0 Å². The number of aryl methyl sites for hydroxylation is 2. The van der Waals surface area contributed by atoms with Crippen molar-refractivity contribution in [2.24, 2.45) is 0 Å². The number of hydrogen-bond donors (Lipinski definition) is 1. The van der Waals surface area contributed by atoms with Gasteiger partial charge in [-0.25, -0.2) is 8.42 Å². The van der Waals surface area contributed by atoms with E-state index in [4.69, 9.17) is 13.9 Å². The largest absolute Gasteiger partial charge is 0.494 e. The fourth-order valence-electron chi connectivity index (χ4n) is 4.30. The fraction of sp³-hybridized carbons (Fsp3) is 0.433. The first-order chi connectivity index (χ1) is 20.6. The molecule has 0 saturated heterocycles. The monoisotopic (exact) mass is 639 g/mol. The van der Waals surface area contributed by atoms with E-state index in [0.717, 1.165) is 5.56 Å². The third kappa shape index (κ3) is 6.76. The van der Waals surface area contributed by atoms with E-state index in [2.05, 4.69) is 63.7 Å². The van der Waals surface area contributed by atoms with Crippen LogP contribution in [-0.2, 0) is 14.4 Å². The van der Waals surface area contributed by atoms with Crippen LogP contribution < -0.4 is 14.2 Å². The molecule has 0 saturated carbocycles. The highest BCUT2D eigenvalue weighted by molar-refractivity contribution is 7.93. The maximum atomic E-state index is 14.2. The average molecular weight is 640 g/mol. The van der Waals surface area contributed by atoms with E-state index in [0.29, 0.717) is 40.0 Å². The molecule has 2 atom stereocenters. The summed E-state index contributed by atoms with van der Waals surface area (Å²) in [4.78, 5) is 13.2. The third-order valence-corrected chi connectivity index (χ3v) is 14.0. The van der Waals surface area contributed by atoms with Crippen LogP contribution in [0.1, 0.15) is 50.8 Å². The summed E-state index contributed by atoms with van der Waals surface area (Å²) in [5.41, 5.74) is 3.08. The van der Waals surface area contributed by atoms with Crippen LogP contribution in [0.25, 0.3) is 17.1 Å². The summed E-state index contributed by atoms with van der Waals surface area (Å²) in [5.74, 6) is 1.13. The summed E-state index contributed by atoms with van der Waals surface area (Å²) >= 11 is 0. The first-order valence-corrected chi connectivity index (χ1v) is 18.6. The minimum atomic E-state index is -4.18. The summed E-state index contributed by atoms with van der Waals surface area (Å²) in [6.45, 7) is 15.8. The van der Waals surface area contributed by atoms with E-state index < -0.39 is 29.7 Å². The van der Waals surface area contributed by atoms with Crippen molar-refractivity contribution >= 4 is 24.3 Å². The number of hydrogen-bond acceptors (Lipinski definition) is 10. The van der Waals surface area contributed by atoms with Gasteiger partial charge in [0.05, 0.1) is 31.8 Å². The van der Waals surface area contributed by atoms with Gasteiger partial charge in [-0.15, -0.1) is 10.2 Å². The second kappa shape index (κ2) is 12.6. The van der Waals surface area contributed by atoms with Crippen LogP contribution in [-0.4, -0.2) is 65.9 Å². The first kappa shape index (κ1) is 33.0. The quantitative estimate of drug-likeness (QED) is 0.205. The van der Waals surface area contributed by atoms with Crippen LogP contribution >= 0.6 is 0 Å². The number of benzene rings is 1. The lowest BCUT2D eigenvalue weighted by molar-refractivity contribution is 0.176. The number of methoxy groups -OCH3 is 2. The lowest BCUT2D eigenvalue weighted by Gasteiger charge is -2.40. The molecule has 0 radical (unpaired) electrons. The molecular weight excluding hydrogens is 599 g/mol. The summed E-state index contributed by atoms with van der Waals surface area (Å²) in [7, 11) is -3.60. The lowest BCUT2D eigenvalue weighted by atomic mass is 10.2. The van der Waals surface area contributed by atoms with Gasteiger partial charge in [0, 0.05) is 24.2 Å². The predicted molar refractivity (Wildman–Crippen MR) is 172 cm³/mol. The van der Waals surface area contributed by atoms with Gasteiger partial charge in [-0.2, -0.15) is 0 Å². The van der Waals surface area contributed by atoms with Gasteiger partial charge in [-0.3, -0.25) is 24.2 Å². The molecule has 0 spiro atoms. The Kier molecular flexibility index (Phi) is 9.47. The normalized spacial score (nSPS) is 13.8. The summed E-state index contributed by atoms with van der Waals surface area (Å²) in [6.07, 6.45) is 5.63. The Hall–Kier alpha value is -3.88. The molecule has 1 aromatic carbocycles. The van der Waals surface area contributed by atoms with Crippen molar-refractivity contribution in [1.82, 2.24) is 29.7 Å². The zero-order valence-electron chi connectivity index (χ0n) is 26.9. The minimum absolute atomic E-state index is 0.0581. The smallest absolute Gasteiger partial charge is 0.243 e. The van der Waals surface area contributed by atoms with Gasteiger partial charge in [0.25, 0.3) is 0 Å². The Bertz CT molecular complexity index is 1700. The third-order valence-electron chi connectivity index (χ3n) is 7.89. The minimum Gasteiger partial charge on any atom is -0.494 e. The average Bonchev–Trinajstić information content (AvgIpc) is 3.37. The van der Waals surface area contributed by atoms with Gasteiger partial charge in [0.15, 0.2) is 14.1 Å². The van der Waals surface area contributed by atoms with E-state index in [1.807, 2.05) is 19.9 Å². The number of nitrogens with zero attached hydrogens (tertiary/aromatic N) is 6. The van der Waals surface area contributed by atoms with Gasteiger partial charge in [-0.05, 0) is 62.7 Å². The second-order valence-corrected chi connectivity index (χ2v) is 19.0. The van der Waals surface area contributed by atoms with E-state index in [-0.39, 0.29) is 11.0 Å². The molecule has 44 heavy (non-hydrogen) atoms. The van der Waals surface area contributed by atoms with Crippen LogP contribution in [0, 0.1) is 13.8 Å². The molecule has 3 aromatic heterocycles. The fourth-order valence-corrected chi connectivity index (χ4v) is 6.81. The summed E-state index contributed by atoms with van der Waals surface area (Å²) in [6, 6.07) is 7.15. The highest BCUT2D eigenvalue weighted by Crippen LogP contribution is 2.42. The van der Waals surface area contributed by atoms with Crippen LogP contribution in [0.3, 0.4) is 0 Å². The number of aromatic nitrogens is 6. The Balaban J connectivity index is 1.86. The number of para-hydroxylation sites is 1. The van der Waals surface area contributed by atoms with Gasteiger partial charge in [-0.1, -0.05) is 26.8 Å². The van der Waals surface area contributed by atoms with Gasteiger partial charge < -0.3 is 13.9 Å². The number of rotatable bonds is 11. The van der Waals surface area contributed by atoms with Gasteiger partial charge >= 0.3 is 0 Å². The molecule has 3 heterocycles. The molecule has 4 rings (SSSR count). The van der Waals surface area contributed by atoms with Crippen molar-refractivity contribution in [2.45, 2.75) is 71.0 Å². The van der Waals surface area contributed by atoms with Crippen molar-refractivity contribution < 1.29 is 22.3 Å². The molecule has 0 aliphatic rings. The molecule has 0 fully saturated rings. The van der Waals surface area contributed by atoms with E-state index >= 15 is 0 Å². The molecule has 0 unspecified atom stereocenters. The molecule has 14 heteroatoms. The molecule has 236 valence electrons. The standard InChI is InChI=1S/C30H41N7O5SSi/c1-19-14-22(17-31-15-19)28-34-35-29(37(28)26-24(40-7)12-11-13-25(26)41-8)36-43(38,39)21(3)27(23-18-32-20(2)16-33-23)42-44(9,10)30(4,5)6/h11-18,21,27H,1-10H3,(H,35,36)/t21-,27+/m0/s1. The Labute approximate surface area is 260 Å². The van der Waals surface area contributed by atoms with Gasteiger partial charge in [0.2, 0.25) is 16.0 Å². The molecule has 0 bridgehead atoms. The summed E-state index contributed by atoms with van der Waals surface area (Å²) in [5, 5.41) is 7.41. The number of sulfonamides is 1. The van der Waals surface area contributed by atoms with E-state index in [1.54, 1.807) is 54.5 Å². The number of nitrogens with one attached hydrogen (secondary N) is 1. The molecule has 1 N–H and O–H groups in total. The SMILES string of the molecule is COc1cccc(OC)c1-n1c(NS(=O)(=O)[C@@H](C)[C@@H](O[Si](C)(C)C(C)(C)C)c2cnc(C)cn2)nnc1-c1cncc(C)c1. The molecular formula is C30H41N7O5SSi. The zero-order chi connectivity index (χ0) is 32.4. The van der Waals surface area contributed by atoms with Crippen LogP contribution in [0.2, 0.25) is 18.1 Å². The van der Waals surface area contributed by atoms with Crippen molar-refractivity contribution in [1.29, 1.82) is 0 Å². The second-order valence-electron chi connectivity index (χ2n) is 12.2. The molecule has 4 aromatic rings. The maximum absolute atomic E-state index is 14.2. The topological polar surface area (TPSA) is 143 Å². The van der Waals surface area contributed by atoms with Crippen LogP contribution in [0.4, 0.5) is 5.95 Å². The van der Waals surface area contributed by atoms with Gasteiger partial charge in [0.1, 0.15) is 28.5 Å². The van der Waals surface area contributed by atoms with Crippen molar-refractivity contribution in [3.8, 4) is 28.6 Å². The number of anilines is 1. The predicted octanol–water partition coefficient (Wildman–Crippen LogP) is 5.65. The van der Waals surface area contributed by atoms with Crippen molar-refractivity contribution in [3.05, 3.63) is 66.0 Å².